The summed E-state index contributed by atoms with van der Waals surface area (Å²) >= 11 is 1.85. The lowest BCUT2D eigenvalue weighted by Gasteiger charge is -2.06. The molecule has 1 heterocycles. The van der Waals surface area contributed by atoms with E-state index >= 15 is 0 Å². The van der Waals surface area contributed by atoms with Gasteiger partial charge in [-0.15, -0.1) is 5.10 Å². The van der Waals surface area contributed by atoms with Gasteiger partial charge >= 0.3 is 5.97 Å². The highest BCUT2D eigenvalue weighted by atomic mass is 32.2. The Hall–Kier alpha value is -2.67. The van der Waals surface area contributed by atoms with Crippen molar-refractivity contribution < 1.29 is 9.53 Å². The number of aromatic nitrogens is 4. The molecule has 0 aliphatic rings. The number of hydrogen-bond acceptors (Lipinski definition) is 6. The van der Waals surface area contributed by atoms with E-state index in [2.05, 4.69) is 22.4 Å². The van der Waals surface area contributed by atoms with Gasteiger partial charge in [0, 0.05) is 5.75 Å². The summed E-state index contributed by atoms with van der Waals surface area (Å²) < 4.78 is 6.92. The first-order valence-electron chi connectivity index (χ1n) is 7.48. The van der Waals surface area contributed by atoms with E-state index in [1.165, 1.54) is 16.6 Å². The Morgan fingerprint density at radius 2 is 1.88 bits per heavy atom. The van der Waals surface area contributed by atoms with Gasteiger partial charge in [0.1, 0.15) is 12.1 Å². The second kappa shape index (κ2) is 7.74. The molecule has 0 atom stereocenters. The maximum Gasteiger partial charge on any atom is 0.343 e. The summed E-state index contributed by atoms with van der Waals surface area (Å²) in [6, 6.07) is 14.5. The number of benzene rings is 2. The van der Waals surface area contributed by atoms with E-state index in [0.717, 1.165) is 17.2 Å². The van der Waals surface area contributed by atoms with E-state index in [1.54, 1.807) is 36.4 Å². The Labute approximate surface area is 143 Å². The molecule has 0 radical (unpaired) electrons. The second-order valence-corrected chi connectivity index (χ2v) is 6.25. The van der Waals surface area contributed by atoms with Crippen LogP contribution in [0.25, 0.3) is 5.69 Å². The Bertz CT molecular complexity index is 786. The van der Waals surface area contributed by atoms with E-state index in [0.29, 0.717) is 11.3 Å². The highest BCUT2D eigenvalue weighted by Crippen LogP contribution is 2.17. The number of thioether (sulfide) groups is 1. The van der Waals surface area contributed by atoms with Gasteiger partial charge in [-0.3, -0.25) is 0 Å². The Morgan fingerprint density at radius 3 is 2.50 bits per heavy atom. The quantitative estimate of drug-likeness (QED) is 0.507. The van der Waals surface area contributed by atoms with Crippen LogP contribution in [-0.2, 0) is 5.75 Å². The van der Waals surface area contributed by atoms with Crippen molar-refractivity contribution >= 4 is 17.7 Å². The van der Waals surface area contributed by atoms with E-state index in [9.17, 15) is 4.79 Å². The van der Waals surface area contributed by atoms with E-state index in [4.69, 9.17) is 4.74 Å². The maximum atomic E-state index is 12.2. The number of hydrogen-bond donors (Lipinski definition) is 0. The van der Waals surface area contributed by atoms with Crippen LogP contribution in [0.15, 0.2) is 54.9 Å². The number of carbonyl (C=O) groups is 1. The van der Waals surface area contributed by atoms with Crippen LogP contribution in [0.4, 0.5) is 0 Å². The lowest BCUT2D eigenvalue weighted by Crippen LogP contribution is -2.08. The van der Waals surface area contributed by atoms with Gasteiger partial charge in [0.2, 0.25) is 0 Å². The summed E-state index contributed by atoms with van der Waals surface area (Å²) in [4.78, 5) is 12.2. The molecule has 6 nitrogen and oxygen atoms in total. The zero-order chi connectivity index (χ0) is 16.8. The number of esters is 1. The van der Waals surface area contributed by atoms with Crippen LogP contribution in [0.1, 0.15) is 22.8 Å². The summed E-state index contributed by atoms with van der Waals surface area (Å²) in [6.45, 7) is 2.13. The normalized spacial score (nSPS) is 10.5. The van der Waals surface area contributed by atoms with E-state index in [1.807, 2.05) is 23.9 Å². The largest absolute Gasteiger partial charge is 0.423 e. The highest BCUT2D eigenvalue weighted by molar-refractivity contribution is 7.98. The van der Waals surface area contributed by atoms with E-state index < -0.39 is 0 Å². The monoisotopic (exact) mass is 340 g/mol. The third-order valence-corrected chi connectivity index (χ3v) is 4.27. The molecule has 0 amide bonds. The average Bonchev–Trinajstić information content (AvgIpc) is 3.15. The lowest BCUT2D eigenvalue weighted by molar-refractivity contribution is 0.0735. The summed E-state index contributed by atoms with van der Waals surface area (Å²) in [5.41, 5.74) is 2.52. The second-order valence-electron chi connectivity index (χ2n) is 4.97. The molecule has 0 N–H and O–H groups in total. The molecule has 0 aliphatic carbocycles. The Morgan fingerprint density at radius 1 is 1.12 bits per heavy atom. The first-order chi connectivity index (χ1) is 11.8. The van der Waals surface area contributed by atoms with Crippen molar-refractivity contribution in [3.63, 3.8) is 0 Å². The van der Waals surface area contributed by atoms with Gasteiger partial charge in [0.05, 0.1) is 11.3 Å². The third kappa shape index (κ3) is 3.99. The van der Waals surface area contributed by atoms with Gasteiger partial charge in [-0.2, -0.15) is 11.8 Å². The molecule has 1 aromatic heterocycles. The molecule has 0 aliphatic heterocycles. The van der Waals surface area contributed by atoms with Crippen LogP contribution in [0, 0.1) is 0 Å². The molecule has 0 bridgehead atoms. The smallest absolute Gasteiger partial charge is 0.343 e. The Balaban J connectivity index is 1.64. The first-order valence-corrected chi connectivity index (χ1v) is 8.64. The zero-order valence-electron chi connectivity index (χ0n) is 13.1. The van der Waals surface area contributed by atoms with Crippen molar-refractivity contribution in [2.24, 2.45) is 0 Å². The minimum Gasteiger partial charge on any atom is -0.423 e. The summed E-state index contributed by atoms with van der Waals surface area (Å²) in [7, 11) is 0. The number of nitrogens with zero attached hydrogens (tertiary/aromatic N) is 4. The van der Waals surface area contributed by atoms with E-state index in [-0.39, 0.29) is 5.97 Å². The maximum absolute atomic E-state index is 12.2. The topological polar surface area (TPSA) is 69.9 Å². The molecule has 0 saturated heterocycles. The number of tetrazole rings is 1. The summed E-state index contributed by atoms with van der Waals surface area (Å²) in [5, 5.41) is 11.0. The summed E-state index contributed by atoms with van der Waals surface area (Å²) in [6.07, 6.45) is 1.50. The number of rotatable bonds is 6. The molecule has 0 fully saturated rings. The van der Waals surface area contributed by atoms with Gasteiger partial charge in [-0.05, 0) is 58.1 Å². The third-order valence-electron chi connectivity index (χ3n) is 3.32. The van der Waals surface area contributed by atoms with Gasteiger partial charge in [-0.1, -0.05) is 19.1 Å². The van der Waals surface area contributed by atoms with Crippen molar-refractivity contribution in [2.45, 2.75) is 12.7 Å². The fourth-order valence-electron chi connectivity index (χ4n) is 2.07. The number of carbonyl (C=O) groups excluding carboxylic acids is 1. The van der Waals surface area contributed by atoms with Crippen LogP contribution in [0.3, 0.4) is 0 Å². The predicted molar refractivity (Wildman–Crippen MR) is 92.4 cm³/mol. The summed E-state index contributed by atoms with van der Waals surface area (Å²) in [5.74, 6) is 2.12. The van der Waals surface area contributed by atoms with Crippen molar-refractivity contribution in [1.82, 2.24) is 20.2 Å². The standard InChI is InChI=1S/C17H16N4O2S/c1-2-24-11-13-3-5-14(6-4-13)17(22)23-16-9-7-15(8-10-16)21-12-18-19-20-21/h3-10,12H,2,11H2,1H3. The number of ether oxygens (including phenoxy) is 1. The fourth-order valence-corrected chi connectivity index (χ4v) is 2.70. The van der Waals surface area contributed by atoms with Crippen LogP contribution >= 0.6 is 11.8 Å². The Kier molecular flexibility index (Phi) is 5.22. The van der Waals surface area contributed by atoms with Crippen molar-refractivity contribution in [3.05, 3.63) is 66.0 Å². The molecule has 3 aromatic rings. The molecule has 7 heteroatoms. The fraction of sp³-hybridized carbons (Fsp3) is 0.176. The molecule has 0 saturated carbocycles. The molecular weight excluding hydrogens is 324 g/mol. The molecule has 2 aromatic carbocycles. The molecule has 122 valence electrons. The molecule has 0 unspecified atom stereocenters. The molecule has 3 rings (SSSR count). The van der Waals surface area contributed by atoms with Crippen LogP contribution in [0.2, 0.25) is 0 Å². The SMILES string of the molecule is CCSCc1ccc(C(=O)Oc2ccc(-n3cnnn3)cc2)cc1. The van der Waals surface area contributed by atoms with Gasteiger partial charge in [-0.25, -0.2) is 9.48 Å². The zero-order valence-corrected chi connectivity index (χ0v) is 13.9. The van der Waals surface area contributed by atoms with Gasteiger partial charge in [0.25, 0.3) is 0 Å². The minimum absolute atomic E-state index is 0.375. The van der Waals surface area contributed by atoms with Crippen molar-refractivity contribution in [1.29, 1.82) is 0 Å². The first kappa shape index (κ1) is 16.2. The average molecular weight is 340 g/mol. The minimum atomic E-state index is -0.375. The van der Waals surface area contributed by atoms with Crippen molar-refractivity contribution in [2.75, 3.05) is 5.75 Å². The van der Waals surface area contributed by atoms with Crippen molar-refractivity contribution in [3.8, 4) is 11.4 Å². The molecule has 24 heavy (non-hydrogen) atoms. The molecular formula is C17H16N4O2S. The van der Waals surface area contributed by atoms with Gasteiger partial charge in [0.15, 0.2) is 0 Å². The van der Waals surface area contributed by atoms with Gasteiger partial charge < -0.3 is 4.74 Å². The van der Waals surface area contributed by atoms with Crippen LogP contribution in [-0.4, -0.2) is 31.9 Å². The van der Waals surface area contributed by atoms with Crippen LogP contribution < -0.4 is 4.74 Å². The highest BCUT2D eigenvalue weighted by Gasteiger charge is 2.09. The predicted octanol–water partition coefficient (Wildman–Crippen LogP) is 3.13. The molecule has 0 spiro atoms. The van der Waals surface area contributed by atoms with Crippen LogP contribution in [0.5, 0.6) is 5.75 Å². The lowest BCUT2D eigenvalue weighted by atomic mass is 10.1.